The standard InChI is InChI=1S/C26H40N2O2/c1-3-4-19-27-25(29)24(21-14-7-5-8-15-21)28(22-16-9-6-10-17-22)26(30)23-18-12-11-13-20(23)2/h11-13,18,21-22,24H,3-10,14-17,19H2,1-2H3,(H,27,29). The lowest BCUT2D eigenvalue weighted by Gasteiger charge is -2.43. The van der Waals surface area contributed by atoms with Crippen LogP contribution in [0.3, 0.4) is 0 Å². The molecule has 0 aromatic heterocycles. The second-order valence-electron chi connectivity index (χ2n) is 9.31. The molecule has 2 aliphatic carbocycles. The average Bonchev–Trinajstić information content (AvgIpc) is 2.78. The monoisotopic (exact) mass is 412 g/mol. The van der Waals surface area contributed by atoms with E-state index in [1.54, 1.807) is 0 Å². The van der Waals surface area contributed by atoms with Crippen LogP contribution in [0.25, 0.3) is 0 Å². The van der Waals surface area contributed by atoms with E-state index in [4.69, 9.17) is 0 Å². The highest BCUT2D eigenvalue weighted by Gasteiger charge is 2.41. The molecule has 4 nitrogen and oxygen atoms in total. The predicted molar refractivity (Wildman–Crippen MR) is 123 cm³/mol. The topological polar surface area (TPSA) is 49.4 Å². The van der Waals surface area contributed by atoms with Crippen LogP contribution in [0, 0.1) is 12.8 Å². The average molecular weight is 413 g/mol. The van der Waals surface area contributed by atoms with Crippen LogP contribution >= 0.6 is 0 Å². The minimum Gasteiger partial charge on any atom is -0.354 e. The first-order valence-electron chi connectivity index (χ1n) is 12.3. The molecular weight excluding hydrogens is 372 g/mol. The summed E-state index contributed by atoms with van der Waals surface area (Å²) in [4.78, 5) is 29.5. The van der Waals surface area contributed by atoms with E-state index >= 15 is 0 Å². The van der Waals surface area contributed by atoms with Crippen molar-refractivity contribution in [2.75, 3.05) is 6.54 Å². The number of benzene rings is 1. The highest BCUT2D eigenvalue weighted by atomic mass is 16.2. The number of hydrogen-bond acceptors (Lipinski definition) is 2. The van der Waals surface area contributed by atoms with Gasteiger partial charge in [0.25, 0.3) is 5.91 Å². The van der Waals surface area contributed by atoms with Gasteiger partial charge in [-0.25, -0.2) is 0 Å². The summed E-state index contributed by atoms with van der Waals surface area (Å²) in [6, 6.07) is 7.69. The second kappa shape index (κ2) is 11.5. The van der Waals surface area contributed by atoms with Gasteiger partial charge in [0, 0.05) is 18.2 Å². The van der Waals surface area contributed by atoms with Crippen LogP contribution < -0.4 is 5.32 Å². The Morgan fingerprint density at radius 2 is 1.63 bits per heavy atom. The van der Waals surface area contributed by atoms with E-state index in [0.717, 1.165) is 62.5 Å². The molecule has 4 heteroatoms. The van der Waals surface area contributed by atoms with Crippen LogP contribution in [-0.4, -0.2) is 35.3 Å². The lowest BCUT2D eigenvalue weighted by atomic mass is 9.80. The fourth-order valence-electron chi connectivity index (χ4n) is 5.34. The van der Waals surface area contributed by atoms with Gasteiger partial charge in [-0.15, -0.1) is 0 Å². The number of carbonyl (C=O) groups is 2. The normalized spacial score (nSPS) is 19.3. The molecule has 166 valence electrons. The molecule has 1 N–H and O–H groups in total. The fraction of sp³-hybridized carbons (Fsp3) is 0.692. The molecular formula is C26H40N2O2. The molecule has 0 spiro atoms. The minimum atomic E-state index is -0.336. The summed E-state index contributed by atoms with van der Waals surface area (Å²) >= 11 is 0. The molecule has 2 fully saturated rings. The Kier molecular flexibility index (Phi) is 8.77. The van der Waals surface area contributed by atoms with Crippen molar-refractivity contribution in [2.24, 2.45) is 5.92 Å². The van der Waals surface area contributed by atoms with Crippen molar-refractivity contribution in [3.63, 3.8) is 0 Å². The van der Waals surface area contributed by atoms with Gasteiger partial charge in [0.05, 0.1) is 0 Å². The van der Waals surface area contributed by atoms with E-state index in [2.05, 4.69) is 12.2 Å². The molecule has 1 unspecified atom stereocenters. The number of carbonyl (C=O) groups excluding carboxylic acids is 2. The maximum absolute atomic E-state index is 13.9. The predicted octanol–water partition coefficient (Wildman–Crippen LogP) is 5.64. The summed E-state index contributed by atoms with van der Waals surface area (Å²) in [6.45, 7) is 4.85. The van der Waals surface area contributed by atoms with Crippen molar-refractivity contribution in [3.05, 3.63) is 35.4 Å². The summed E-state index contributed by atoms with van der Waals surface area (Å²) in [7, 11) is 0. The Bertz CT molecular complexity index is 690. The molecule has 0 aliphatic heterocycles. The lowest BCUT2D eigenvalue weighted by molar-refractivity contribution is -0.129. The summed E-state index contributed by atoms with van der Waals surface area (Å²) in [5.41, 5.74) is 1.75. The van der Waals surface area contributed by atoms with E-state index in [0.29, 0.717) is 6.54 Å². The summed E-state index contributed by atoms with van der Waals surface area (Å²) in [5.74, 6) is 0.402. The van der Waals surface area contributed by atoms with Crippen molar-refractivity contribution in [1.29, 1.82) is 0 Å². The first-order chi connectivity index (χ1) is 14.6. The number of rotatable bonds is 8. The zero-order valence-electron chi connectivity index (χ0n) is 19.0. The summed E-state index contributed by atoms with van der Waals surface area (Å²) in [6.07, 6.45) is 13.3. The maximum atomic E-state index is 13.9. The number of nitrogens with one attached hydrogen (secondary N) is 1. The summed E-state index contributed by atoms with van der Waals surface area (Å²) < 4.78 is 0. The van der Waals surface area contributed by atoms with Gasteiger partial charge < -0.3 is 10.2 Å². The third-order valence-electron chi connectivity index (χ3n) is 7.07. The highest BCUT2D eigenvalue weighted by molar-refractivity contribution is 5.99. The molecule has 2 aliphatic rings. The Morgan fingerprint density at radius 1 is 1.00 bits per heavy atom. The van der Waals surface area contributed by atoms with E-state index < -0.39 is 0 Å². The first-order valence-corrected chi connectivity index (χ1v) is 12.3. The molecule has 3 rings (SSSR count). The van der Waals surface area contributed by atoms with E-state index in [1.807, 2.05) is 36.1 Å². The lowest BCUT2D eigenvalue weighted by Crippen LogP contribution is -2.58. The van der Waals surface area contributed by atoms with Crippen LogP contribution in [0.15, 0.2) is 24.3 Å². The molecule has 30 heavy (non-hydrogen) atoms. The number of aryl methyl sites for hydroxylation is 1. The van der Waals surface area contributed by atoms with E-state index in [-0.39, 0.29) is 29.8 Å². The van der Waals surface area contributed by atoms with Gasteiger partial charge in [0.1, 0.15) is 6.04 Å². The van der Waals surface area contributed by atoms with Gasteiger partial charge in [0.2, 0.25) is 5.91 Å². The Balaban J connectivity index is 1.95. The van der Waals surface area contributed by atoms with Crippen molar-refractivity contribution in [1.82, 2.24) is 10.2 Å². The van der Waals surface area contributed by atoms with Crippen LogP contribution in [0.4, 0.5) is 0 Å². The van der Waals surface area contributed by atoms with Gasteiger partial charge in [-0.05, 0) is 56.6 Å². The maximum Gasteiger partial charge on any atom is 0.255 e. The number of unbranched alkanes of at least 4 members (excludes halogenated alkanes) is 1. The number of nitrogens with zero attached hydrogens (tertiary/aromatic N) is 1. The van der Waals surface area contributed by atoms with Crippen molar-refractivity contribution >= 4 is 11.8 Å². The molecule has 2 amide bonds. The van der Waals surface area contributed by atoms with Gasteiger partial charge in [0.15, 0.2) is 0 Å². The van der Waals surface area contributed by atoms with Gasteiger partial charge in [-0.1, -0.05) is 70.1 Å². The zero-order chi connectivity index (χ0) is 21.3. The van der Waals surface area contributed by atoms with E-state index in [9.17, 15) is 9.59 Å². The third-order valence-corrected chi connectivity index (χ3v) is 7.07. The smallest absolute Gasteiger partial charge is 0.255 e. The SMILES string of the molecule is CCCCNC(=O)C(C1CCCCC1)N(C(=O)c1ccccc1C)C1CCCCC1. The highest BCUT2D eigenvalue weighted by Crippen LogP contribution is 2.34. The fourth-order valence-corrected chi connectivity index (χ4v) is 5.34. The van der Waals surface area contributed by atoms with Crippen molar-refractivity contribution in [3.8, 4) is 0 Å². The molecule has 0 heterocycles. The molecule has 1 aromatic carbocycles. The largest absolute Gasteiger partial charge is 0.354 e. The molecule has 1 atom stereocenters. The molecule has 0 bridgehead atoms. The minimum absolute atomic E-state index is 0.0567. The van der Waals surface area contributed by atoms with Crippen molar-refractivity contribution in [2.45, 2.75) is 103 Å². The number of hydrogen-bond donors (Lipinski definition) is 1. The molecule has 0 radical (unpaired) electrons. The molecule has 1 aromatic rings. The molecule has 0 saturated heterocycles. The Hall–Kier alpha value is -1.84. The van der Waals surface area contributed by atoms with Crippen LogP contribution in [0.2, 0.25) is 0 Å². The Labute approximate surface area is 182 Å². The molecule has 2 saturated carbocycles. The quantitative estimate of drug-likeness (QED) is 0.562. The van der Waals surface area contributed by atoms with Crippen LogP contribution in [-0.2, 0) is 4.79 Å². The number of amides is 2. The zero-order valence-corrected chi connectivity index (χ0v) is 19.0. The van der Waals surface area contributed by atoms with Crippen molar-refractivity contribution < 1.29 is 9.59 Å². The van der Waals surface area contributed by atoms with Gasteiger partial charge in [-0.2, -0.15) is 0 Å². The van der Waals surface area contributed by atoms with Crippen LogP contribution in [0.1, 0.15) is 99.9 Å². The summed E-state index contributed by atoms with van der Waals surface area (Å²) in [5, 5.41) is 3.19. The van der Waals surface area contributed by atoms with E-state index in [1.165, 1.54) is 25.7 Å². The second-order valence-corrected chi connectivity index (χ2v) is 9.31. The Morgan fingerprint density at radius 3 is 2.27 bits per heavy atom. The third kappa shape index (κ3) is 5.65. The van der Waals surface area contributed by atoms with Crippen LogP contribution in [0.5, 0.6) is 0 Å². The van der Waals surface area contributed by atoms with Gasteiger partial charge >= 0.3 is 0 Å². The van der Waals surface area contributed by atoms with Gasteiger partial charge in [-0.3, -0.25) is 9.59 Å². The first kappa shape index (κ1) is 22.8.